The van der Waals surface area contributed by atoms with Gasteiger partial charge in [-0.15, -0.1) is 0 Å². The number of nitrogens with zero attached hydrogens (tertiary/aromatic N) is 2. The highest BCUT2D eigenvalue weighted by Crippen LogP contribution is 2.26. The fourth-order valence-electron chi connectivity index (χ4n) is 3.22. The molecular formula is C20H22ClF2N3O. The maximum atomic E-state index is 13.8. The van der Waals surface area contributed by atoms with Crippen molar-refractivity contribution in [3.63, 3.8) is 0 Å². The van der Waals surface area contributed by atoms with E-state index < -0.39 is 11.6 Å². The van der Waals surface area contributed by atoms with Gasteiger partial charge >= 0.3 is 0 Å². The second kappa shape index (κ2) is 8.67. The standard InChI is InChI=1S/C20H22ClF2N3O/c1-14(16-7-6-15(22)12-18(16)23)24-13-20(27)26-10-8-25(9-11-26)19-5-3-2-4-17(19)21/h2-7,12,14,24H,8-11,13H2,1H3/t14-/m0/s1. The Morgan fingerprint density at radius 1 is 1.15 bits per heavy atom. The van der Waals surface area contributed by atoms with Crippen LogP contribution in [0.25, 0.3) is 0 Å². The fourth-order valence-corrected chi connectivity index (χ4v) is 3.48. The summed E-state index contributed by atoms with van der Waals surface area (Å²) in [6, 6.07) is 10.7. The van der Waals surface area contributed by atoms with Crippen LogP contribution in [0.4, 0.5) is 14.5 Å². The summed E-state index contributed by atoms with van der Waals surface area (Å²) in [7, 11) is 0. The summed E-state index contributed by atoms with van der Waals surface area (Å²) in [6.45, 7) is 4.47. The van der Waals surface area contributed by atoms with Crippen molar-refractivity contribution in [2.75, 3.05) is 37.6 Å². The number of rotatable bonds is 5. The Balaban J connectivity index is 1.50. The molecule has 0 saturated carbocycles. The highest BCUT2D eigenvalue weighted by atomic mass is 35.5. The Bertz CT molecular complexity index is 810. The van der Waals surface area contributed by atoms with E-state index in [2.05, 4.69) is 10.2 Å². The molecule has 0 bridgehead atoms. The molecule has 1 N–H and O–H groups in total. The van der Waals surface area contributed by atoms with Gasteiger partial charge in [-0.1, -0.05) is 29.8 Å². The van der Waals surface area contributed by atoms with Gasteiger partial charge in [0.25, 0.3) is 0 Å². The molecule has 1 saturated heterocycles. The molecule has 1 aliphatic heterocycles. The molecule has 2 aromatic carbocycles. The Kier molecular flexibility index (Phi) is 6.29. The van der Waals surface area contributed by atoms with Crippen molar-refractivity contribution >= 4 is 23.2 Å². The topological polar surface area (TPSA) is 35.6 Å². The average molecular weight is 394 g/mol. The van der Waals surface area contributed by atoms with E-state index in [1.807, 2.05) is 24.3 Å². The van der Waals surface area contributed by atoms with E-state index in [1.54, 1.807) is 11.8 Å². The third-order valence-electron chi connectivity index (χ3n) is 4.81. The van der Waals surface area contributed by atoms with E-state index in [0.717, 1.165) is 11.8 Å². The van der Waals surface area contributed by atoms with Crippen LogP contribution in [0, 0.1) is 11.6 Å². The van der Waals surface area contributed by atoms with E-state index in [-0.39, 0.29) is 18.5 Å². The summed E-state index contributed by atoms with van der Waals surface area (Å²) in [6.07, 6.45) is 0. The van der Waals surface area contributed by atoms with Gasteiger partial charge in [0.05, 0.1) is 17.3 Å². The first-order chi connectivity index (χ1) is 13.0. The predicted molar refractivity (Wildman–Crippen MR) is 103 cm³/mol. The maximum absolute atomic E-state index is 13.8. The van der Waals surface area contributed by atoms with E-state index in [4.69, 9.17) is 11.6 Å². The molecule has 0 aromatic heterocycles. The monoisotopic (exact) mass is 393 g/mol. The maximum Gasteiger partial charge on any atom is 0.236 e. The van der Waals surface area contributed by atoms with E-state index >= 15 is 0 Å². The van der Waals surface area contributed by atoms with Crippen molar-refractivity contribution in [2.24, 2.45) is 0 Å². The number of halogens is 3. The molecule has 4 nitrogen and oxygen atoms in total. The minimum atomic E-state index is -0.615. The Hall–Kier alpha value is -2.18. The molecule has 144 valence electrons. The summed E-state index contributed by atoms with van der Waals surface area (Å²) in [4.78, 5) is 16.4. The largest absolute Gasteiger partial charge is 0.367 e. The number of anilines is 1. The molecule has 3 rings (SSSR count). The van der Waals surface area contributed by atoms with Crippen LogP contribution in [-0.4, -0.2) is 43.5 Å². The van der Waals surface area contributed by atoms with Crippen LogP contribution in [0.1, 0.15) is 18.5 Å². The van der Waals surface area contributed by atoms with E-state index in [9.17, 15) is 13.6 Å². The van der Waals surface area contributed by atoms with Gasteiger partial charge in [0.1, 0.15) is 11.6 Å². The average Bonchev–Trinajstić information content (AvgIpc) is 2.66. The molecule has 7 heteroatoms. The van der Waals surface area contributed by atoms with Crippen molar-refractivity contribution < 1.29 is 13.6 Å². The summed E-state index contributed by atoms with van der Waals surface area (Å²) < 4.78 is 26.8. The number of nitrogens with one attached hydrogen (secondary N) is 1. The molecule has 0 radical (unpaired) electrons. The predicted octanol–water partition coefficient (Wildman–Crippen LogP) is 3.62. The van der Waals surface area contributed by atoms with Gasteiger partial charge in [-0.2, -0.15) is 0 Å². The Morgan fingerprint density at radius 2 is 1.85 bits per heavy atom. The van der Waals surface area contributed by atoms with Crippen LogP contribution in [0.15, 0.2) is 42.5 Å². The molecule has 1 amide bonds. The number of hydrogen-bond donors (Lipinski definition) is 1. The van der Waals surface area contributed by atoms with Crippen molar-refractivity contribution in [3.8, 4) is 0 Å². The Labute approximate surface area is 162 Å². The lowest BCUT2D eigenvalue weighted by Gasteiger charge is -2.36. The van der Waals surface area contributed by atoms with Crippen LogP contribution in [0.3, 0.4) is 0 Å². The van der Waals surface area contributed by atoms with Crippen molar-refractivity contribution in [1.82, 2.24) is 10.2 Å². The third kappa shape index (κ3) is 4.76. The molecule has 2 aromatic rings. The Morgan fingerprint density at radius 3 is 2.52 bits per heavy atom. The summed E-state index contributed by atoms with van der Waals surface area (Å²) in [5.74, 6) is -1.27. The van der Waals surface area contributed by atoms with Gasteiger partial charge in [0.15, 0.2) is 0 Å². The normalized spacial score (nSPS) is 15.7. The van der Waals surface area contributed by atoms with Gasteiger partial charge in [0, 0.05) is 43.9 Å². The van der Waals surface area contributed by atoms with Gasteiger partial charge in [-0.3, -0.25) is 4.79 Å². The lowest BCUT2D eigenvalue weighted by molar-refractivity contribution is -0.130. The summed E-state index contributed by atoms with van der Waals surface area (Å²) in [5.41, 5.74) is 1.32. The lowest BCUT2D eigenvalue weighted by atomic mass is 10.1. The van der Waals surface area contributed by atoms with Crippen LogP contribution in [0.2, 0.25) is 5.02 Å². The third-order valence-corrected chi connectivity index (χ3v) is 5.13. The second-order valence-corrected chi connectivity index (χ2v) is 6.99. The highest BCUT2D eigenvalue weighted by Gasteiger charge is 2.22. The number of piperazine rings is 1. The number of carbonyl (C=O) groups is 1. The number of carbonyl (C=O) groups excluding carboxylic acids is 1. The molecule has 27 heavy (non-hydrogen) atoms. The highest BCUT2D eigenvalue weighted by molar-refractivity contribution is 6.33. The lowest BCUT2D eigenvalue weighted by Crippen LogP contribution is -2.51. The van der Waals surface area contributed by atoms with Crippen molar-refractivity contribution in [3.05, 3.63) is 64.7 Å². The smallest absolute Gasteiger partial charge is 0.236 e. The van der Waals surface area contributed by atoms with Crippen LogP contribution in [-0.2, 0) is 4.79 Å². The van der Waals surface area contributed by atoms with Gasteiger partial charge in [-0.05, 0) is 25.1 Å². The molecule has 1 fully saturated rings. The minimum Gasteiger partial charge on any atom is -0.367 e. The molecule has 0 aliphatic carbocycles. The first kappa shape index (κ1) is 19.6. The van der Waals surface area contributed by atoms with Gasteiger partial charge in [0.2, 0.25) is 5.91 Å². The molecule has 1 heterocycles. The second-order valence-electron chi connectivity index (χ2n) is 6.59. The quantitative estimate of drug-likeness (QED) is 0.842. The molecule has 1 aliphatic rings. The zero-order valence-electron chi connectivity index (χ0n) is 15.1. The molecule has 0 spiro atoms. The number of para-hydroxylation sites is 1. The SMILES string of the molecule is C[C@H](NCC(=O)N1CCN(c2ccccc2Cl)CC1)c1ccc(F)cc1F. The number of benzene rings is 2. The summed E-state index contributed by atoms with van der Waals surface area (Å²) >= 11 is 6.24. The zero-order chi connectivity index (χ0) is 19.4. The van der Waals surface area contributed by atoms with Crippen LogP contribution < -0.4 is 10.2 Å². The van der Waals surface area contributed by atoms with E-state index in [1.165, 1.54) is 12.1 Å². The summed E-state index contributed by atoms with van der Waals surface area (Å²) in [5, 5.41) is 3.72. The van der Waals surface area contributed by atoms with Gasteiger partial charge in [-0.25, -0.2) is 8.78 Å². The van der Waals surface area contributed by atoms with Crippen LogP contribution in [0.5, 0.6) is 0 Å². The van der Waals surface area contributed by atoms with E-state index in [0.29, 0.717) is 36.8 Å². The van der Waals surface area contributed by atoms with Crippen molar-refractivity contribution in [2.45, 2.75) is 13.0 Å². The first-order valence-electron chi connectivity index (χ1n) is 8.91. The molecular weight excluding hydrogens is 372 g/mol. The zero-order valence-corrected chi connectivity index (χ0v) is 15.8. The van der Waals surface area contributed by atoms with Crippen molar-refractivity contribution in [1.29, 1.82) is 0 Å². The first-order valence-corrected chi connectivity index (χ1v) is 9.29. The van der Waals surface area contributed by atoms with Gasteiger partial charge < -0.3 is 15.1 Å². The number of amides is 1. The fraction of sp³-hybridized carbons (Fsp3) is 0.350. The number of hydrogen-bond acceptors (Lipinski definition) is 3. The van der Waals surface area contributed by atoms with Crippen LogP contribution >= 0.6 is 11.6 Å². The molecule has 1 atom stereocenters. The minimum absolute atomic E-state index is 0.0387. The molecule has 0 unspecified atom stereocenters.